The highest BCUT2D eigenvalue weighted by Crippen LogP contribution is 2.37. The van der Waals surface area contributed by atoms with Crippen LogP contribution in [-0.4, -0.2) is 5.78 Å². The first kappa shape index (κ1) is 10.7. The summed E-state index contributed by atoms with van der Waals surface area (Å²) in [5.74, 6) is 0.938. The molecule has 0 atom stereocenters. The molecule has 1 saturated carbocycles. The molecule has 0 heterocycles. The fourth-order valence-corrected chi connectivity index (χ4v) is 2.93. The van der Waals surface area contributed by atoms with Crippen LogP contribution in [0.4, 0.5) is 0 Å². The van der Waals surface area contributed by atoms with Gasteiger partial charge in [0.2, 0.25) is 0 Å². The fourth-order valence-electron chi connectivity index (χ4n) is 2.93. The summed E-state index contributed by atoms with van der Waals surface area (Å²) in [6.07, 6.45) is 7.96. The van der Waals surface area contributed by atoms with Gasteiger partial charge in [-0.25, -0.2) is 0 Å². The summed E-state index contributed by atoms with van der Waals surface area (Å²) in [6, 6.07) is 0. The van der Waals surface area contributed by atoms with E-state index in [1.807, 2.05) is 0 Å². The summed E-state index contributed by atoms with van der Waals surface area (Å²) in [5.41, 5.74) is 3.44. The third-order valence-corrected chi connectivity index (χ3v) is 3.83. The van der Waals surface area contributed by atoms with E-state index in [-0.39, 0.29) is 0 Å². The highest BCUT2D eigenvalue weighted by atomic mass is 16.1. The van der Waals surface area contributed by atoms with Crippen LogP contribution in [0.2, 0.25) is 0 Å². The number of hydrogen-bond donors (Lipinski definition) is 0. The Hall–Kier alpha value is -0.850. The van der Waals surface area contributed by atoms with Crippen molar-refractivity contribution in [1.29, 1.82) is 0 Å². The van der Waals surface area contributed by atoms with Crippen molar-refractivity contribution in [3.63, 3.8) is 0 Å². The Balaban J connectivity index is 2.20. The summed E-state index contributed by atoms with van der Waals surface area (Å²) in [7, 11) is 0. The van der Waals surface area contributed by atoms with Crippen molar-refractivity contribution in [2.45, 2.75) is 51.9 Å². The van der Waals surface area contributed by atoms with Crippen molar-refractivity contribution in [3.05, 3.63) is 23.3 Å². The molecule has 0 spiro atoms. The third-order valence-electron chi connectivity index (χ3n) is 3.83. The van der Waals surface area contributed by atoms with Crippen molar-refractivity contribution in [3.8, 4) is 0 Å². The first-order chi connectivity index (χ1) is 7.20. The lowest BCUT2D eigenvalue weighted by atomic mass is 9.82. The minimum Gasteiger partial charge on any atom is -0.294 e. The number of carbonyl (C=O) groups is 1. The molecule has 0 bridgehead atoms. The average molecular weight is 204 g/mol. The van der Waals surface area contributed by atoms with E-state index >= 15 is 0 Å². The van der Waals surface area contributed by atoms with Crippen LogP contribution in [-0.2, 0) is 4.79 Å². The van der Waals surface area contributed by atoms with Gasteiger partial charge in [-0.05, 0) is 44.1 Å². The molecule has 0 aromatic carbocycles. The van der Waals surface area contributed by atoms with E-state index in [4.69, 9.17) is 0 Å². The molecule has 0 N–H and O–H groups in total. The van der Waals surface area contributed by atoms with Gasteiger partial charge in [-0.2, -0.15) is 0 Å². The molecule has 0 amide bonds. The predicted molar refractivity (Wildman–Crippen MR) is 62.7 cm³/mol. The van der Waals surface area contributed by atoms with Crippen LogP contribution in [0.3, 0.4) is 0 Å². The van der Waals surface area contributed by atoms with Gasteiger partial charge in [-0.15, -0.1) is 0 Å². The van der Waals surface area contributed by atoms with E-state index in [2.05, 4.69) is 13.5 Å². The van der Waals surface area contributed by atoms with Gasteiger partial charge < -0.3 is 0 Å². The predicted octanol–water partition coefficient (Wildman–Crippen LogP) is 3.80. The topological polar surface area (TPSA) is 17.1 Å². The largest absolute Gasteiger partial charge is 0.294 e. The van der Waals surface area contributed by atoms with Crippen molar-refractivity contribution in [2.24, 2.45) is 5.92 Å². The normalized spacial score (nSPS) is 23.7. The minimum atomic E-state index is 0.343. The molecule has 0 saturated heterocycles. The molecule has 1 fully saturated rings. The summed E-state index contributed by atoms with van der Waals surface area (Å²) in [5, 5.41) is 0. The number of Topliss-reactive ketones (excluding diaryl/α,β-unsaturated/α-hetero) is 1. The maximum absolute atomic E-state index is 11.9. The molecule has 2 aliphatic rings. The molecular formula is C14H20O. The average Bonchev–Trinajstić information content (AvgIpc) is 2.69. The Morgan fingerprint density at radius 2 is 1.87 bits per heavy atom. The van der Waals surface area contributed by atoms with Crippen molar-refractivity contribution < 1.29 is 4.79 Å². The maximum Gasteiger partial charge on any atom is 0.163 e. The standard InChI is InChI=1S/C14H20O/c1-10-6-5-9-13(15)14(10)11(2)12-7-3-4-8-12/h12H,2-9H2,1H3. The molecule has 82 valence electrons. The molecule has 0 aromatic rings. The number of rotatable bonds is 2. The molecule has 15 heavy (non-hydrogen) atoms. The van der Waals surface area contributed by atoms with Crippen LogP contribution >= 0.6 is 0 Å². The van der Waals surface area contributed by atoms with Gasteiger partial charge in [0.25, 0.3) is 0 Å². The van der Waals surface area contributed by atoms with Crippen molar-refractivity contribution in [2.75, 3.05) is 0 Å². The number of allylic oxidation sites excluding steroid dienone is 3. The van der Waals surface area contributed by atoms with E-state index in [0.717, 1.165) is 30.4 Å². The number of hydrogen-bond acceptors (Lipinski definition) is 1. The fraction of sp³-hybridized carbons (Fsp3) is 0.643. The van der Waals surface area contributed by atoms with Crippen molar-refractivity contribution in [1.82, 2.24) is 0 Å². The summed E-state index contributed by atoms with van der Waals surface area (Å²) >= 11 is 0. The quantitative estimate of drug-likeness (QED) is 0.668. The Kier molecular flexibility index (Phi) is 3.08. The van der Waals surface area contributed by atoms with Gasteiger partial charge in [-0.3, -0.25) is 4.79 Å². The Bertz CT molecular complexity index is 316. The summed E-state index contributed by atoms with van der Waals surface area (Å²) in [6.45, 7) is 6.29. The van der Waals surface area contributed by atoms with Gasteiger partial charge in [0, 0.05) is 12.0 Å². The van der Waals surface area contributed by atoms with Crippen LogP contribution in [0, 0.1) is 5.92 Å². The van der Waals surface area contributed by atoms with E-state index in [1.54, 1.807) is 0 Å². The lowest BCUT2D eigenvalue weighted by molar-refractivity contribution is -0.115. The van der Waals surface area contributed by atoms with E-state index in [0.29, 0.717) is 11.7 Å². The SMILES string of the molecule is C=C(C1=C(C)CCCC1=O)C1CCCC1. The molecule has 0 unspecified atom stereocenters. The second-order valence-electron chi connectivity index (χ2n) is 4.94. The monoisotopic (exact) mass is 204 g/mol. The molecule has 1 nitrogen and oxygen atoms in total. The highest BCUT2D eigenvalue weighted by Gasteiger charge is 2.26. The molecule has 2 aliphatic carbocycles. The second kappa shape index (κ2) is 4.34. The van der Waals surface area contributed by atoms with E-state index in [9.17, 15) is 4.79 Å². The number of ketones is 1. The van der Waals surface area contributed by atoms with Gasteiger partial charge in [-0.1, -0.05) is 25.0 Å². The Morgan fingerprint density at radius 3 is 2.47 bits per heavy atom. The van der Waals surface area contributed by atoms with Gasteiger partial charge in [0.1, 0.15) is 0 Å². The zero-order valence-corrected chi connectivity index (χ0v) is 9.64. The summed E-state index contributed by atoms with van der Waals surface area (Å²) in [4.78, 5) is 11.9. The molecule has 1 heteroatoms. The molecule has 2 rings (SSSR count). The van der Waals surface area contributed by atoms with Crippen LogP contribution in [0.5, 0.6) is 0 Å². The van der Waals surface area contributed by atoms with Crippen molar-refractivity contribution >= 4 is 5.78 Å². The smallest absolute Gasteiger partial charge is 0.163 e. The maximum atomic E-state index is 11.9. The van der Waals surface area contributed by atoms with E-state index in [1.165, 1.54) is 31.3 Å². The Labute approximate surface area is 92.3 Å². The minimum absolute atomic E-state index is 0.343. The van der Waals surface area contributed by atoms with Crippen LogP contribution in [0.1, 0.15) is 51.9 Å². The first-order valence-electron chi connectivity index (χ1n) is 6.12. The van der Waals surface area contributed by atoms with Gasteiger partial charge in [0.05, 0.1) is 0 Å². The van der Waals surface area contributed by atoms with Crippen LogP contribution < -0.4 is 0 Å². The lowest BCUT2D eigenvalue weighted by Gasteiger charge is -2.22. The summed E-state index contributed by atoms with van der Waals surface area (Å²) < 4.78 is 0. The van der Waals surface area contributed by atoms with Crippen LogP contribution in [0.15, 0.2) is 23.3 Å². The molecular weight excluding hydrogens is 184 g/mol. The molecule has 0 radical (unpaired) electrons. The second-order valence-corrected chi connectivity index (χ2v) is 4.94. The first-order valence-corrected chi connectivity index (χ1v) is 6.12. The van der Waals surface area contributed by atoms with Crippen LogP contribution in [0.25, 0.3) is 0 Å². The zero-order valence-electron chi connectivity index (χ0n) is 9.64. The number of carbonyl (C=O) groups excluding carboxylic acids is 1. The third kappa shape index (κ3) is 2.06. The molecule has 0 aliphatic heterocycles. The highest BCUT2D eigenvalue weighted by molar-refractivity contribution is 6.00. The van der Waals surface area contributed by atoms with E-state index < -0.39 is 0 Å². The van der Waals surface area contributed by atoms with Gasteiger partial charge in [0.15, 0.2) is 5.78 Å². The lowest BCUT2D eigenvalue weighted by Crippen LogP contribution is -2.15. The molecule has 0 aromatic heterocycles. The Morgan fingerprint density at radius 1 is 1.20 bits per heavy atom. The van der Waals surface area contributed by atoms with Gasteiger partial charge >= 0.3 is 0 Å². The zero-order chi connectivity index (χ0) is 10.8.